The zero-order valence-corrected chi connectivity index (χ0v) is 17.8. The van der Waals surface area contributed by atoms with E-state index in [-0.39, 0.29) is 16.9 Å². The number of methoxy groups -OCH3 is 1. The predicted octanol–water partition coefficient (Wildman–Crippen LogP) is 4.09. The average Bonchev–Trinajstić information content (AvgIpc) is 2.74. The number of amides is 1. The van der Waals surface area contributed by atoms with Gasteiger partial charge in [-0.3, -0.25) is 9.59 Å². The van der Waals surface area contributed by atoms with Gasteiger partial charge in [0.15, 0.2) is 5.43 Å². The molecule has 1 saturated carbocycles. The summed E-state index contributed by atoms with van der Waals surface area (Å²) in [6, 6.07) is 9.42. The number of ether oxygens (including phenoxy) is 1. The Labute approximate surface area is 173 Å². The number of para-hydroxylation sites is 1. The van der Waals surface area contributed by atoms with Crippen LogP contribution in [0.1, 0.15) is 66.3 Å². The molecular formula is C24H32N2O3. The molecule has 1 aliphatic carbocycles. The van der Waals surface area contributed by atoms with Crippen molar-refractivity contribution in [3.05, 3.63) is 63.1 Å². The smallest absolute Gasteiger partial charge is 0.257 e. The summed E-state index contributed by atoms with van der Waals surface area (Å²) >= 11 is 0. The molecule has 1 aliphatic rings. The number of rotatable bonds is 7. The van der Waals surface area contributed by atoms with Gasteiger partial charge in [0.25, 0.3) is 5.91 Å². The maximum atomic E-state index is 13.0. The monoisotopic (exact) mass is 396 g/mol. The van der Waals surface area contributed by atoms with Crippen molar-refractivity contribution in [1.82, 2.24) is 9.88 Å². The van der Waals surface area contributed by atoms with Crippen LogP contribution in [0.2, 0.25) is 0 Å². The summed E-state index contributed by atoms with van der Waals surface area (Å²) < 4.78 is 7.55. The molecule has 3 rings (SSSR count). The van der Waals surface area contributed by atoms with Crippen molar-refractivity contribution in [2.24, 2.45) is 5.92 Å². The van der Waals surface area contributed by atoms with Crippen molar-refractivity contribution in [3.8, 4) is 5.75 Å². The molecule has 1 aromatic heterocycles. The first-order chi connectivity index (χ1) is 14.0. The normalized spacial score (nSPS) is 14.6. The van der Waals surface area contributed by atoms with Gasteiger partial charge in [0, 0.05) is 29.6 Å². The fourth-order valence-corrected chi connectivity index (χ4v) is 4.38. The number of carbonyl (C=O) groups excluding carboxylic acids is 1. The van der Waals surface area contributed by atoms with E-state index in [1.807, 2.05) is 38.1 Å². The molecule has 5 heteroatoms. The van der Waals surface area contributed by atoms with Crippen LogP contribution < -0.4 is 15.5 Å². The van der Waals surface area contributed by atoms with Crippen LogP contribution in [0.15, 0.2) is 35.1 Å². The lowest BCUT2D eigenvalue weighted by atomic mass is 9.89. The third-order valence-electron chi connectivity index (χ3n) is 5.99. The number of hydrogen-bond donors (Lipinski definition) is 1. The fraction of sp³-hybridized carbons (Fsp3) is 0.500. The lowest BCUT2D eigenvalue weighted by molar-refractivity contribution is 0.0940. The summed E-state index contributed by atoms with van der Waals surface area (Å²) in [5, 5.41) is 3.04. The van der Waals surface area contributed by atoms with Crippen LogP contribution in [0.5, 0.6) is 5.75 Å². The molecule has 1 fully saturated rings. The van der Waals surface area contributed by atoms with Gasteiger partial charge in [-0.25, -0.2) is 0 Å². The summed E-state index contributed by atoms with van der Waals surface area (Å²) in [6.07, 6.45) is 6.68. The van der Waals surface area contributed by atoms with Gasteiger partial charge in [0.1, 0.15) is 11.3 Å². The van der Waals surface area contributed by atoms with Gasteiger partial charge in [-0.2, -0.15) is 0 Å². The van der Waals surface area contributed by atoms with E-state index in [0.29, 0.717) is 25.4 Å². The minimum Gasteiger partial charge on any atom is -0.496 e. The molecule has 1 heterocycles. The van der Waals surface area contributed by atoms with Crippen LogP contribution in [0, 0.1) is 12.8 Å². The predicted molar refractivity (Wildman–Crippen MR) is 116 cm³/mol. The van der Waals surface area contributed by atoms with E-state index in [9.17, 15) is 9.59 Å². The average molecular weight is 397 g/mol. The second-order valence-corrected chi connectivity index (χ2v) is 7.94. The van der Waals surface area contributed by atoms with Gasteiger partial charge in [0.05, 0.1) is 13.7 Å². The summed E-state index contributed by atoms with van der Waals surface area (Å²) in [5.41, 5.74) is 2.73. The first kappa shape index (κ1) is 21.2. The standard InChI is InChI=1S/C24H32N2O3/c1-4-20-23(24(28)25-15-18-10-6-5-7-11-18)21(27)14-17(2)26(20)16-19-12-8-9-13-22(19)29-3/h8-9,12-14,18H,4-7,10-11,15-16H2,1-3H3,(H,25,28). The third-order valence-corrected chi connectivity index (χ3v) is 5.99. The highest BCUT2D eigenvalue weighted by atomic mass is 16.5. The van der Waals surface area contributed by atoms with Crippen LogP contribution in [0.4, 0.5) is 0 Å². The molecule has 1 aromatic carbocycles. The van der Waals surface area contributed by atoms with E-state index in [4.69, 9.17) is 4.74 Å². The molecule has 0 bridgehead atoms. The largest absolute Gasteiger partial charge is 0.496 e. The molecule has 1 N–H and O–H groups in total. The molecule has 0 atom stereocenters. The van der Waals surface area contributed by atoms with Crippen molar-refractivity contribution in [2.75, 3.05) is 13.7 Å². The van der Waals surface area contributed by atoms with Crippen LogP contribution in [-0.2, 0) is 13.0 Å². The maximum absolute atomic E-state index is 13.0. The second-order valence-electron chi connectivity index (χ2n) is 7.94. The van der Waals surface area contributed by atoms with Gasteiger partial charge in [-0.05, 0) is 38.2 Å². The van der Waals surface area contributed by atoms with Crippen LogP contribution in [0.3, 0.4) is 0 Å². The van der Waals surface area contributed by atoms with Crippen molar-refractivity contribution in [3.63, 3.8) is 0 Å². The molecule has 0 saturated heterocycles. The van der Waals surface area contributed by atoms with E-state index < -0.39 is 0 Å². The lowest BCUT2D eigenvalue weighted by Crippen LogP contribution is -2.35. The Morgan fingerprint density at radius 3 is 2.62 bits per heavy atom. The summed E-state index contributed by atoms with van der Waals surface area (Å²) in [4.78, 5) is 25.7. The molecule has 2 aromatic rings. The third kappa shape index (κ3) is 4.89. The van der Waals surface area contributed by atoms with Gasteiger partial charge in [-0.15, -0.1) is 0 Å². The van der Waals surface area contributed by atoms with E-state index in [0.717, 1.165) is 35.5 Å². The number of pyridine rings is 1. The number of nitrogens with zero attached hydrogens (tertiary/aromatic N) is 1. The molecule has 156 valence electrons. The van der Waals surface area contributed by atoms with Gasteiger partial charge >= 0.3 is 0 Å². The molecule has 1 amide bonds. The summed E-state index contributed by atoms with van der Waals surface area (Å²) in [7, 11) is 1.65. The molecule has 0 radical (unpaired) electrons. The fourth-order valence-electron chi connectivity index (χ4n) is 4.38. The van der Waals surface area contributed by atoms with Crippen LogP contribution in [-0.4, -0.2) is 24.1 Å². The van der Waals surface area contributed by atoms with Crippen molar-refractivity contribution in [2.45, 2.75) is 58.9 Å². The quantitative estimate of drug-likeness (QED) is 0.767. The van der Waals surface area contributed by atoms with E-state index in [1.165, 1.54) is 19.3 Å². The molecule has 0 spiro atoms. The van der Waals surface area contributed by atoms with E-state index in [1.54, 1.807) is 13.2 Å². The van der Waals surface area contributed by atoms with Crippen LogP contribution >= 0.6 is 0 Å². The molecule has 5 nitrogen and oxygen atoms in total. The zero-order valence-electron chi connectivity index (χ0n) is 17.8. The maximum Gasteiger partial charge on any atom is 0.257 e. The minimum absolute atomic E-state index is 0.197. The second kappa shape index (κ2) is 9.77. The van der Waals surface area contributed by atoms with Crippen molar-refractivity contribution < 1.29 is 9.53 Å². The Bertz CT molecular complexity index is 911. The van der Waals surface area contributed by atoms with Gasteiger partial charge in [0.2, 0.25) is 0 Å². The number of aryl methyl sites for hydroxylation is 1. The Morgan fingerprint density at radius 1 is 1.21 bits per heavy atom. The lowest BCUT2D eigenvalue weighted by Gasteiger charge is -2.23. The number of carbonyl (C=O) groups is 1. The van der Waals surface area contributed by atoms with Crippen LogP contribution in [0.25, 0.3) is 0 Å². The highest BCUT2D eigenvalue weighted by molar-refractivity contribution is 5.95. The molecular weight excluding hydrogens is 364 g/mol. The number of benzene rings is 1. The first-order valence-electron chi connectivity index (χ1n) is 10.7. The van der Waals surface area contributed by atoms with E-state index >= 15 is 0 Å². The molecule has 0 aliphatic heterocycles. The number of nitrogens with one attached hydrogen (secondary N) is 1. The number of hydrogen-bond acceptors (Lipinski definition) is 3. The minimum atomic E-state index is -0.244. The molecule has 0 unspecified atom stereocenters. The van der Waals surface area contributed by atoms with Gasteiger partial charge in [-0.1, -0.05) is 44.4 Å². The molecule has 29 heavy (non-hydrogen) atoms. The summed E-state index contributed by atoms with van der Waals surface area (Å²) in [6.45, 7) is 5.12. The van der Waals surface area contributed by atoms with Crippen molar-refractivity contribution in [1.29, 1.82) is 0 Å². The van der Waals surface area contributed by atoms with E-state index in [2.05, 4.69) is 9.88 Å². The highest BCUT2D eigenvalue weighted by Gasteiger charge is 2.21. The number of aromatic nitrogens is 1. The Hall–Kier alpha value is -2.56. The summed E-state index contributed by atoms with van der Waals surface area (Å²) in [5.74, 6) is 1.08. The Balaban J connectivity index is 1.90. The Morgan fingerprint density at radius 2 is 1.93 bits per heavy atom. The Kier molecular flexibility index (Phi) is 7.13. The SMILES string of the molecule is CCc1c(C(=O)NCC2CCCCC2)c(=O)cc(C)n1Cc1ccccc1OC. The van der Waals surface area contributed by atoms with Gasteiger partial charge < -0.3 is 14.6 Å². The topological polar surface area (TPSA) is 60.3 Å². The van der Waals surface area contributed by atoms with Crippen molar-refractivity contribution >= 4 is 5.91 Å². The highest BCUT2D eigenvalue weighted by Crippen LogP contribution is 2.23. The zero-order chi connectivity index (χ0) is 20.8. The first-order valence-corrected chi connectivity index (χ1v) is 10.7.